The summed E-state index contributed by atoms with van der Waals surface area (Å²) in [5.74, 6) is 0.177. The van der Waals surface area contributed by atoms with Gasteiger partial charge in [-0.1, -0.05) is 19.1 Å². The van der Waals surface area contributed by atoms with Crippen molar-refractivity contribution in [3.63, 3.8) is 0 Å². The first-order valence-corrected chi connectivity index (χ1v) is 17.1. The van der Waals surface area contributed by atoms with Crippen LogP contribution in [0.25, 0.3) is 16.8 Å². The molecule has 0 unspecified atom stereocenters. The van der Waals surface area contributed by atoms with Crippen LogP contribution in [0.3, 0.4) is 0 Å². The molecule has 2 amide bonds. The second kappa shape index (κ2) is 12.6. The van der Waals surface area contributed by atoms with E-state index in [1.807, 2.05) is 31.0 Å². The Bertz CT molecular complexity index is 2050. The number of likely N-dealkylation sites (tertiary alicyclic amines) is 1. The summed E-state index contributed by atoms with van der Waals surface area (Å²) in [6.07, 6.45) is 5.52. The van der Waals surface area contributed by atoms with E-state index in [1.54, 1.807) is 40.1 Å². The fraction of sp³-hybridized carbons (Fsp3) is 0.355. The Morgan fingerprint density at radius 2 is 2.00 bits per heavy atom. The lowest BCUT2D eigenvalue weighted by Gasteiger charge is -2.42. The zero-order valence-corrected chi connectivity index (χ0v) is 27.9. The van der Waals surface area contributed by atoms with Crippen molar-refractivity contribution in [2.75, 3.05) is 37.4 Å². The normalized spacial score (nSPS) is 18.9. The average Bonchev–Trinajstić information content (AvgIpc) is 3.67. The SMILES string of the molecule is Cc1cnc(NC(=O)C2=C(OCn3ccc4c(N(C)[C@H]5CN(C(=O)CC#N)CC[C@H]5C)ncnc43)c3ccccc3S(=O)(=O)N2C)s1. The van der Waals surface area contributed by atoms with Gasteiger partial charge in [-0.15, -0.1) is 11.3 Å². The minimum Gasteiger partial charge on any atom is -0.470 e. The third-order valence-electron chi connectivity index (χ3n) is 8.57. The van der Waals surface area contributed by atoms with Crippen molar-refractivity contribution in [2.45, 2.75) is 44.4 Å². The van der Waals surface area contributed by atoms with E-state index in [1.165, 1.54) is 30.8 Å². The number of likely N-dealkylation sites (N-methyl/N-ethyl adjacent to an activating group) is 2. The van der Waals surface area contributed by atoms with Gasteiger partial charge in [0.05, 0.1) is 22.4 Å². The number of nitrogens with zero attached hydrogens (tertiary/aromatic N) is 8. The molecule has 1 aromatic carbocycles. The van der Waals surface area contributed by atoms with Gasteiger partial charge in [0, 0.05) is 50.0 Å². The average molecular weight is 676 g/mol. The first-order valence-electron chi connectivity index (χ1n) is 14.9. The molecule has 0 radical (unpaired) electrons. The molecule has 16 heteroatoms. The second-order valence-electron chi connectivity index (χ2n) is 11.5. The number of aryl methyl sites for hydroxylation is 1. The molecule has 0 aliphatic carbocycles. The van der Waals surface area contributed by atoms with Crippen molar-refractivity contribution in [3.05, 3.63) is 65.2 Å². The maximum absolute atomic E-state index is 13.6. The van der Waals surface area contributed by atoms with Crippen molar-refractivity contribution in [1.82, 2.24) is 28.7 Å². The van der Waals surface area contributed by atoms with Crippen LogP contribution in [0, 0.1) is 24.2 Å². The van der Waals surface area contributed by atoms with E-state index in [0.29, 0.717) is 29.7 Å². The van der Waals surface area contributed by atoms with Gasteiger partial charge >= 0.3 is 0 Å². The molecule has 2 aliphatic heterocycles. The van der Waals surface area contributed by atoms with Crippen LogP contribution >= 0.6 is 11.3 Å². The van der Waals surface area contributed by atoms with E-state index in [4.69, 9.17) is 10.00 Å². The Kier molecular flexibility index (Phi) is 8.60. The molecular formula is C31H33N9O5S2. The van der Waals surface area contributed by atoms with Crippen molar-refractivity contribution < 1.29 is 22.7 Å². The summed E-state index contributed by atoms with van der Waals surface area (Å²) < 4.78 is 35.9. The summed E-state index contributed by atoms with van der Waals surface area (Å²) in [5, 5.41) is 12.8. The molecule has 1 saturated heterocycles. The summed E-state index contributed by atoms with van der Waals surface area (Å²) in [5.41, 5.74) is 0.655. The monoisotopic (exact) mass is 675 g/mol. The third-order valence-corrected chi connectivity index (χ3v) is 11.2. The summed E-state index contributed by atoms with van der Waals surface area (Å²) in [7, 11) is -0.788. The molecular weight excluding hydrogens is 643 g/mol. The molecule has 3 aromatic heterocycles. The fourth-order valence-corrected chi connectivity index (χ4v) is 8.05. The van der Waals surface area contributed by atoms with Crippen LogP contribution in [-0.4, -0.2) is 82.2 Å². The van der Waals surface area contributed by atoms with Gasteiger partial charge in [0.1, 0.15) is 24.2 Å². The smallest absolute Gasteiger partial charge is 0.278 e. The maximum Gasteiger partial charge on any atom is 0.278 e. The Hall–Kier alpha value is -5.01. The standard InChI is InChI=1S/C31H33N9O5S2/c1-19-10-13-39(25(41)9-12-32)16-23(19)37(3)28-22-11-14-40(29(22)35-17-34-28)18-45-27-21-7-5-6-8-24(21)47(43,44)38(4)26(27)30(42)36-31-33-15-20(2)46-31/h5-8,11,14-15,17,19,23H,9-10,13,16,18H2,1-4H3,(H,33,36,42)/t19-,23+/m1/s1. The number of sulfonamides is 1. The number of nitrogens with one attached hydrogen (secondary N) is 1. The van der Waals surface area contributed by atoms with Gasteiger partial charge in [0.25, 0.3) is 15.9 Å². The second-order valence-corrected chi connectivity index (χ2v) is 14.7. The molecule has 2 atom stereocenters. The number of carbonyl (C=O) groups excluding carboxylic acids is 2. The lowest BCUT2D eigenvalue weighted by molar-refractivity contribution is -0.131. The van der Waals surface area contributed by atoms with E-state index >= 15 is 0 Å². The Morgan fingerprint density at radius 1 is 1.21 bits per heavy atom. The molecule has 14 nitrogen and oxygen atoms in total. The van der Waals surface area contributed by atoms with Gasteiger partial charge in [-0.25, -0.2) is 23.4 Å². The van der Waals surface area contributed by atoms with Crippen LogP contribution in [0.5, 0.6) is 0 Å². The van der Waals surface area contributed by atoms with Gasteiger partial charge in [-0.2, -0.15) is 5.26 Å². The number of anilines is 2. The van der Waals surface area contributed by atoms with Gasteiger partial charge in [-0.3, -0.25) is 23.8 Å². The molecule has 2 aliphatic rings. The minimum absolute atomic E-state index is 0.0200. The highest BCUT2D eigenvalue weighted by Gasteiger charge is 2.39. The zero-order chi connectivity index (χ0) is 33.5. The van der Waals surface area contributed by atoms with E-state index in [2.05, 4.69) is 27.2 Å². The van der Waals surface area contributed by atoms with Crippen LogP contribution in [0.4, 0.5) is 10.9 Å². The maximum atomic E-state index is 13.6. The number of amides is 2. The zero-order valence-electron chi connectivity index (χ0n) is 26.2. The molecule has 47 heavy (non-hydrogen) atoms. The van der Waals surface area contributed by atoms with Crippen molar-refractivity contribution in [3.8, 4) is 6.07 Å². The number of fused-ring (bicyclic) bond motifs is 2. The highest BCUT2D eigenvalue weighted by atomic mass is 32.2. The van der Waals surface area contributed by atoms with E-state index in [0.717, 1.165) is 21.0 Å². The lowest BCUT2D eigenvalue weighted by atomic mass is 9.92. The molecule has 1 fully saturated rings. The minimum atomic E-state index is -4.04. The number of hydrogen-bond acceptors (Lipinski definition) is 11. The van der Waals surface area contributed by atoms with Crippen LogP contribution in [0.1, 0.15) is 30.2 Å². The van der Waals surface area contributed by atoms with E-state index in [-0.39, 0.29) is 52.9 Å². The fourth-order valence-electron chi connectivity index (χ4n) is 6.00. The van der Waals surface area contributed by atoms with Crippen molar-refractivity contribution >= 4 is 60.9 Å². The third kappa shape index (κ3) is 5.87. The Balaban J connectivity index is 1.32. The van der Waals surface area contributed by atoms with Gasteiger partial charge in [-0.05, 0) is 37.5 Å². The van der Waals surface area contributed by atoms with E-state index in [9.17, 15) is 18.0 Å². The van der Waals surface area contributed by atoms with Gasteiger partial charge in [0.15, 0.2) is 23.3 Å². The molecule has 5 heterocycles. The number of piperidine rings is 1. The highest BCUT2D eigenvalue weighted by Crippen LogP contribution is 2.38. The largest absolute Gasteiger partial charge is 0.470 e. The van der Waals surface area contributed by atoms with Crippen LogP contribution < -0.4 is 10.2 Å². The number of rotatable bonds is 8. The number of nitriles is 1. The summed E-state index contributed by atoms with van der Waals surface area (Å²) in [6, 6.07) is 10.2. The van der Waals surface area contributed by atoms with Crippen LogP contribution in [-0.2, 0) is 31.1 Å². The summed E-state index contributed by atoms with van der Waals surface area (Å²) in [4.78, 5) is 44.1. The first-order chi connectivity index (χ1) is 22.5. The number of hydrogen-bond donors (Lipinski definition) is 1. The molecule has 0 bridgehead atoms. The predicted molar refractivity (Wildman–Crippen MR) is 175 cm³/mol. The lowest BCUT2D eigenvalue weighted by Crippen LogP contribution is -2.52. The highest BCUT2D eigenvalue weighted by molar-refractivity contribution is 7.89. The predicted octanol–water partition coefficient (Wildman–Crippen LogP) is 3.40. The van der Waals surface area contributed by atoms with Crippen LogP contribution in [0.15, 0.2) is 59.6 Å². The molecule has 4 aromatic rings. The number of thiazole rings is 1. The van der Waals surface area contributed by atoms with Crippen LogP contribution in [0.2, 0.25) is 0 Å². The number of carbonyl (C=O) groups is 2. The topological polar surface area (TPSA) is 167 Å². The summed E-state index contributed by atoms with van der Waals surface area (Å²) >= 11 is 1.27. The number of benzene rings is 1. The molecule has 1 N–H and O–H groups in total. The van der Waals surface area contributed by atoms with Gasteiger partial charge in [0.2, 0.25) is 5.91 Å². The molecule has 0 spiro atoms. The first kappa shape index (κ1) is 32.0. The molecule has 0 saturated carbocycles. The molecule has 6 rings (SSSR count). The van der Waals surface area contributed by atoms with E-state index < -0.39 is 15.9 Å². The van der Waals surface area contributed by atoms with Crippen molar-refractivity contribution in [1.29, 1.82) is 5.26 Å². The quantitative estimate of drug-likeness (QED) is 0.292. The molecule has 244 valence electrons. The Labute approximate surface area is 276 Å². The van der Waals surface area contributed by atoms with Gasteiger partial charge < -0.3 is 14.5 Å². The number of ether oxygens (including phenoxy) is 1. The Morgan fingerprint density at radius 3 is 2.74 bits per heavy atom. The number of aromatic nitrogens is 4. The summed E-state index contributed by atoms with van der Waals surface area (Å²) in [6.45, 7) is 4.98. The van der Waals surface area contributed by atoms with Crippen molar-refractivity contribution in [2.24, 2.45) is 5.92 Å².